The molecule has 1 fully saturated rings. The number of thioether (sulfide) groups is 1. The van der Waals surface area contributed by atoms with Gasteiger partial charge in [-0.05, 0) is 6.07 Å². The second-order valence-corrected chi connectivity index (χ2v) is 7.58. The van der Waals surface area contributed by atoms with Crippen LogP contribution >= 0.6 is 11.8 Å². The maximum Gasteiger partial charge on any atom is 0.229 e. The van der Waals surface area contributed by atoms with Crippen molar-refractivity contribution in [3.63, 3.8) is 0 Å². The number of amidine groups is 1. The molecule has 0 spiro atoms. The van der Waals surface area contributed by atoms with Gasteiger partial charge in [0.25, 0.3) is 0 Å². The third-order valence-corrected chi connectivity index (χ3v) is 4.78. The van der Waals surface area contributed by atoms with Crippen molar-refractivity contribution in [1.82, 2.24) is 4.90 Å². The minimum atomic E-state index is -0.398. The molecule has 2 aliphatic heterocycles. The van der Waals surface area contributed by atoms with Crippen LogP contribution in [0.15, 0.2) is 29.3 Å². The molecule has 2 aliphatic rings. The molecule has 0 bridgehead atoms. The number of rotatable bonds is 2. The number of amides is 1. The number of benzene rings is 1. The van der Waals surface area contributed by atoms with Gasteiger partial charge in [0.05, 0.1) is 6.04 Å². The van der Waals surface area contributed by atoms with Crippen LogP contribution in [0.4, 0.5) is 5.69 Å². The zero-order valence-electron chi connectivity index (χ0n) is 12.7. The quantitative estimate of drug-likeness (QED) is 0.913. The summed E-state index contributed by atoms with van der Waals surface area (Å²) in [6.45, 7) is 7.77. The second kappa shape index (κ2) is 5.37. The van der Waals surface area contributed by atoms with Gasteiger partial charge >= 0.3 is 0 Å². The van der Waals surface area contributed by atoms with Gasteiger partial charge in [-0.3, -0.25) is 9.79 Å². The smallest absolute Gasteiger partial charge is 0.229 e. The van der Waals surface area contributed by atoms with Gasteiger partial charge in [0.1, 0.15) is 0 Å². The van der Waals surface area contributed by atoms with Crippen LogP contribution in [-0.2, 0) is 4.79 Å². The molecule has 21 heavy (non-hydrogen) atoms. The van der Waals surface area contributed by atoms with Gasteiger partial charge in [0.2, 0.25) is 5.91 Å². The summed E-state index contributed by atoms with van der Waals surface area (Å²) in [5.74, 6) is 1.17. The standard InChI is InChI=1S/C16H21N3OS/c1-16(2,3)14(20)17-12-7-5-4-6-11(12)13-10-19-8-9-21-15(19)18-13/h4-7,13H,8-10H2,1-3H3,(H,17,20). The van der Waals surface area contributed by atoms with E-state index in [9.17, 15) is 4.79 Å². The molecule has 2 heterocycles. The van der Waals surface area contributed by atoms with Crippen LogP contribution in [0.25, 0.3) is 0 Å². The van der Waals surface area contributed by atoms with Crippen LogP contribution in [0.1, 0.15) is 32.4 Å². The van der Waals surface area contributed by atoms with E-state index in [1.165, 1.54) is 0 Å². The van der Waals surface area contributed by atoms with Crippen LogP contribution < -0.4 is 5.32 Å². The van der Waals surface area contributed by atoms with E-state index in [4.69, 9.17) is 4.99 Å². The third kappa shape index (κ3) is 2.93. The minimum absolute atomic E-state index is 0.0375. The van der Waals surface area contributed by atoms with E-state index >= 15 is 0 Å². The van der Waals surface area contributed by atoms with E-state index < -0.39 is 5.41 Å². The van der Waals surface area contributed by atoms with Crippen LogP contribution in [-0.4, -0.2) is 34.8 Å². The van der Waals surface area contributed by atoms with Gasteiger partial charge < -0.3 is 10.2 Å². The predicted octanol–water partition coefficient (Wildman–Crippen LogP) is 3.13. The van der Waals surface area contributed by atoms with Gasteiger partial charge in [-0.1, -0.05) is 50.7 Å². The van der Waals surface area contributed by atoms with Crippen molar-refractivity contribution in [2.75, 3.05) is 24.2 Å². The monoisotopic (exact) mass is 303 g/mol. The van der Waals surface area contributed by atoms with E-state index in [2.05, 4.69) is 16.3 Å². The van der Waals surface area contributed by atoms with Gasteiger partial charge in [0.15, 0.2) is 5.17 Å². The first-order chi connectivity index (χ1) is 9.95. The van der Waals surface area contributed by atoms with E-state index in [1.807, 2.05) is 50.7 Å². The fourth-order valence-corrected chi connectivity index (χ4v) is 3.53. The summed E-state index contributed by atoms with van der Waals surface area (Å²) in [4.78, 5) is 19.4. The zero-order chi connectivity index (χ0) is 15.0. The van der Waals surface area contributed by atoms with Gasteiger partial charge in [-0.2, -0.15) is 0 Å². The Bertz CT molecular complexity index is 591. The Morgan fingerprint density at radius 1 is 1.38 bits per heavy atom. The van der Waals surface area contributed by atoms with Gasteiger partial charge in [0, 0.05) is 35.5 Å². The molecule has 1 saturated heterocycles. The number of hydrogen-bond acceptors (Lipinski definition) is 4. The molecule has 1 aromatic rings. The zero-order valence-corrected chi connectivity index (χ0v) is 13.5. The van der Waals surface area contributed by atoms with Gasteiger partial charge in [-0.25, -0.2) is 0 Å². The number of nitrogens with zero attached hydrogens (tertiary/aromatic N) is 2. The molecule has 0 aliphatic carbocycles. The average molecular weight is 303 g/mol. The molecule has 4 nitrogen and oxygen atoms in total. The molecule has 3 rings (SSSR count). The summed E-state index contributed by atoms with van der Waals surface area (Å²) in [6, 6.07) is 8.14. The largest absolute Gasteiger partial charge is 0.348 e. The summed E-state index contributed by atoms with van der Waals surface area (Å²) >= 11 is 1.82. The Morgan fingerprint density at radius 3 is 2.86 bits per heavy atom. The van der Waals surface area contributed by atoms with Crippen LogP contribution in [0, 0.1) is 5.41 Å². The highest BCUT2D eigenvalue weighted by Crippen LogP contribution is 2.35. The Hall–Kier alpha value is -1.49. The number of para-hydroxylation sites is 1. The lowest BCUT2D eigenvalue weighted by Gasteiger charge is -2.21. The van der Waals surface area contributed by atoms with Crippen molar-refractivity contribution in [3.05, 3.63) is 29.8 Å². The number of aliphatic imine (C=N–C) groups is 1. The molecule has 1 N–H and O–H groups in total. The molecular formula is C16H21N3OS. The summed E-state index contributed by atoms with van der Waals surface area (Å²) in [6.07, 6.45) is 0. The SMILES string of the molecule is CC(C)(C)C(=O)Nc1ccccc1C1CN2CCSC2=N1. The van der Waals surface area contributed by atoms with Crippen molar-refractivity contribution < 1.29 is 4.79 Å². The molecule has 0 radical (unpaired) electrons. The first kappa shape index (κ1) is 14.4. The predicted molar refractivity (Wildman–Crippen MR) is 88.7 cm³/mol. The van der Waals surface area contributed by atoms with Crippen molar-refractivity contribution >= 4 is 28.5 Å². The molecule has 1 unspecified atom stereocenters. The maximum absolute atomic E-state index is 12.2. The first-order valence-electron chi connectivity index (χ1n) is 7.31. The lowest BCUT2D eigenvalue weighted by Crippen LogP contribution is -2.28. The lowest BCUT2D eigenvalue weighted by atomic mass is 9.95. The first-order valence-corrected chi connectivity index (χ1v) is 8.29. The third-order valence-electron chi connectivity index (χ3n) is 3.77. The Morgan fingerprint density at radius 2 is 2.14 bits per heavy atom. The molecule has 0 aromatic heterocycles. The number of nitrogens with one attached hydrogen (secondary N) is 1. The fourth-order valence-electron chi connectivity index (χ4n) is 2.48. The second-order valence-electron chi connectivity index (χ2n) is 6.51. The molecule has 0 saturated carbocycles. The maximum atomic E-state index is 12.2. The summed E-state index contributed by atoms with van der Waals surface area (Å²) in [7, 11) is 0. The molecule has 1 amide bonds. The summed E-state index contributed by atoms with van der Waals surface area (Å²) in [5, 5.41) is 4.21. The van der Waals surface area contributed by atoms with Crippen LogP contribution in [0.5, 0.6) is 0 Å². The van der Waals surface area contributed by atoms with E-state index in [1.54, 1.807) is 0 Å². The Kier molecular flexibility index (Phi) is 3.69. The number of carbonyl (C=O) groups is 1. The fraction of sp³-hybridized carbons (Fsp3) is 0.500. The van der Waals surface area contributed by atoms with E-state index in [0.717, 1.165) is 35.3 Å². The van der Waals surface area contributed by atoms with Crippen molar-refractivity contribution in [2.45, 2.75) is 26.8 Å². The highest BCUT2D eigenvalue weighted by molar-refractivity contribution is 8.14. The van der Waals surface area contributed by atoms with Gasteiger partial charge in [-0.15, -0.1) is 0 Å². The Labute approximate surface area is 130 Å². The average Bonchev–Trinajstić information content (AvgIpc) is 2.99. The van der Waals surface area contributed by atoms with Crippen LogP contribution in [0.3, 0.4) is 0 Å². The molecule has 1 atom stereocenters. The minimum Gasteiger partial charge on any atom is -0.348 e. The van der Waals surface area contributed by atoms with Crippen LogP contribution in [0.2, 0.25) is 0 Å². The topological polar surface area (TPSA) is 44.7 Å². The van der Waals surface area contributed by atoms with E-state index in [0.29, 0.717) is 0 Å². The number of carbonyl (C=O) groups excluding carboxylic acids is 1. The Balaban J connectivity index is 1.84. The summed E-state index contributed by atoms with van der Waals surface area (Å²) in [5.41, 5.74) is 1.60. The lowest BCUT2D eigenvalue weighted by molar-refractivity contribution is -0.123. The van der Waals surface area contributed by atoms with Crippen molar-refractivity contribution in [2.24, 2.45) is 10.4 Å². The highest BCUT2D eigenvalue weighted by atomic mass is 32.2. The molecule has 112 valence electrons. The normalized spacial score (nSPS) is 21.2. The summed E-state index contributed by atoms with van der Waals surface area (Å²) < 4.78 is 0. The number of anilines is 1. The van der Waals surface area contributed by atoms with E-state index in [-0.39, 0.29) is 11.9 Å². The molecule has 1 aromatic carbocycles. The molecular weight excluding hydrogens is 282 g/mol. The van der Waals surface area contributed by atoms with Crippen molar-refractivity contribution in [1.29, 1.82) is 0 Å². The highest BCUT2D eigenvalue weighted by Gasteiger charge is 2.31. The molecule has 5 heteroatoms. The van der Waals surface area contributed by atoms with Crippen molar-refractivity contribution in [3.8, 4) is 0 Å². The number of hydrogen-bond donors (Lipinski definition) is 1. The number of fused-ring (bicyclic) bond motifs is 1.